The number of carbonyl (C=O) groups excluding carboxylic acids is 1. The molecule has 0 radical (unpaired) electrons. The molecular formula is C22H19F3N2O3S. The lowest BCUT2D eigenvalue weighted by Crippen LogP contribution is -2.45. The van der Waals surface area contributed by atoms with Gasteiger partial charge in [0.05, 0.1) is 10.5 Å². The SMILES string of the molecule is O=C(Nc1ccc(C(F)(F)F)cc1)[C@@H](Cc1ccccc1)NS(=O)(=O)c1ccccc1. The van der Waals surface area contributed by atoms with Crippen molar-refractivity contribution < 1.29 is 26.4 Å². The molecule has 1 atom stereocenters. The highest BCUT2D eigenvalue weighted by molar-refractivity contribution is 7.89. The lowest BCUT2D eigenvalue weighted by atomic mass is 10.1. The van der Waals surface area contributed by atoms with Crippen LogP contribution in [-0.2, 0) is 27.4 Å². The fourth-order valence-electron chi connectivity index (χ4n) is 2.86. The van der Waals surface area contributed by atoms with Crippen molar-refractivity contribution in [2.24, 2.45) is 0 Å². The Balaban J connectivity index is 1.82. The van der Waals surface area contributed by atoms with Gasteiger partial charge in [0.15, 0.2) is 0 Å². The highest BCUT2D eigenvalue weighted by atomic mass is 32.2. The molecule has 0 spiro atoms. The van der Waals surface area contributed by atoms with Gasteiger partial charge in [-0.25, -0.2) is 8.42 Å². The summed E-state index contributed by atoms with van der Waals surface area (Å²) in [5, 5.41) is 2.48. The van der Waals surface area contributed by atoms with Crippen molar-refractivity contribution in [3.05, 3.63) is 96.1 Å². The second-order valence-electron chi connectivity index (χ2n) is 6.74. The minimum Gasteiger partial charge on any atom is -0.325 e. The first kappa shape index (κ1) is 22.5. The molecule has 0 fully saturated rings. The Kier molecular flexibility index (Phi) is 6.77. The van der Waals surface area contributed by atoms with E-state index in [9.17, 15) is 26.4 Å². The van der Waals surface area contributed by atoms with Crippen molar-refractivity contribution in [2.75, 3.05) is 5.32 Å². The summed E-state index contributed by atoms with van der Waals surface area (Å²) < 4.78 is 66.1. The maximum absolute atomic E-state index is 12.8. The summed E-state index contributed by atoms with van der Waals surface area (Å²) in [4.78, 5) is 12.8. The number of halogens is 3. The molecule has 0 aliphatic heterocycles. The molecule has 31 heavy (non-hydrogen) atoms. The van der Waals surface area contributed by atoms with Gasteiger partial charge >= 0.3 is 6.18 Å². The standard InChI is InChI=1S/C22H19F3N2O3S/c23-22(24,25)17-11-13-18(14-12-17)26-21(28)20(15-16-7-3-1-4-8-16)27-31(29,30)19-9-5-2-6-10-19/h1-14,20,27H,15H2,(H,26,28)/t20-/m1/s1. The molecule has 0 unspecified atom stereocenters. The molecule has 3 rings (SSSR count). The van der Waals surface area contributed by atoms with Gasteiger partial charge < -0.3 is 5.32 Å². The Morgan fingerprint density at radius 2 is 1.39 bits per heavy atom. The molecule has 0 heterocycles. The van der Waals surface area contributed by atoms with Crippen LogP contribution in [0.1, 0.15) is 11.1 Å². The Morgan fingerprint density at radius 3 is 1.94 bits per heavy atom. The van der Waals surface area contributed by atoms with E-state index in [1.807, 2.05) is 0 Å². The first-order valence-corrected chi connectivity index (χ1v) is 10.7. The first-order chi connectivity index (χ1) is 14.6. The third kappa shape index (κ3) is 6.16. The Hall–Kier alpha value is -3.17. The zero-order valence-electron chi connectivity index (χ0n) is 16.1. The molecule has 162 valence electrons. The van der Waals surface area contributed by atoms with Crippen molar-refractivity contribution in [1.29, 1.82) is 0 Å². The van der Waals surface area contributed by atoms with E-state index in [2.05, 4.69) is 10.0 Å². The second kappa shape index (κ2) is 9.32. The molecular weight excluding hydrogens is 429 g/mol. The van der Waals surface area contributed by atoms with Crippen LogP contribution in [0.25, 0.3) is 0 Å². The number of carbonyl (C=O) groups is 1. The second-order valence-corrected chi connectivity index (χ2v) is 8.45. The van der Waals surface area contributed by atoms with Crippen LogP contribution in [0.5, 0.6) is 0 Å². The van der Waals surface area contributed by atoms with Crippen LogP contribution in [0.15, 0.2) is 89.8 Å². The summed E-state index contributed by atoms with van der Waals surface area (Å²) in [5.74, 6) is -0.692. The number of sulfonamides is 1. The number of alkyl halides is 3. The van der Waals surface area contributed by atoms with Gasteiger partial charge in [0.2, 0.25) is 15.9 Å². The lowest BCUT2D eigenvalue weighted by Gasteiger charge is -2.19. The number of rotatable bonds is 7. The van der Waals surface area contributed by atoms with Gasteiger partial charge in [-0.05, 0) is 48.4 Å². The van der Waals surface area contributed by atoms with E-state index >= 15 is 0 Å². The summed E-state index contributed by atoms with van der Waals surface area (Å²) in [5.41, 5.74) is -0.0167. The largest absolute Gasteiger partial charge is 0.416 e. The number of nitrogens with one attached hydrogen (secondary N) is 2. The van der Waals surface area contributed by atoms with Crippen molar-refractivity contribution in [2.45, 2.75) is 23.5 Å². The third-order valence-electron chi connectivity index (χ3n) is 4.43. The summed E-state index contributed by atoms with van der Waals surface area (Å²) >= 11 is 0. The highest BCUT2D eigenvalue weighted by Crippen LogP contribution is 2.29. The zero-order valence-corrected chi connectivity index (χ0v) is 17.0. The highest BCUT2D eigenvalue weighted by Gasteiger charge is 2.30. The van der Waals surface area contributed by atoms with E-state index in [-0.39, 0.29) is 17.0 Å². The molecule has 0 aliphatic rings. The van der Waals surface area contributed by atoms with E-state index in [0.29, 0.717) is 5.56 Å². The predicted molar refractivity (Wildman–Crippen MR) is 111 cm³/mol. The van der Waals surface area contributed by atoms with Crippen molar-refractivity contribution in [3.8, 4) is 0 Å². The number of amides is 1. The van der Waals surface area contributed by atoms with E-state index in [4.69, 9.17) is 0 Å². The van der Waals surface area contributed by atoms with Crippen LogP contribution in [0.4, 0.5) is 18.9 Å². The molecule has 3 aromatic rings. The zero-order chi connectivity index (χ0) is 22.5. The summed E-state index contributed by atoms with van der Waals surface area (Å²) in [6.07, 6.45) is -4.44. The van der Waals surface area contributed by atoms with Gasteiger partial charge in [0, 0.05) is 5.69 Å². The van der Waals surface area contributed by atoms with Gasteiger partial charge in [0.25, 0.3) is 0 Å². The molecule has 2 N–H and O–H groups in total. The van der Waals surface area contributed by atoms with Crippen LogP contribution in [0.2, 0.25) is 0 Å². The monoisotopic (exact) mass is 448 g/mol. The average Bonchev–Trinajstić information content (AvgIpc) is 2.74. The van der Waals surface area contributed by atoms with E-state index < -0.39 is 33.7 Å². The molecule has 9 heteroatoms. The summed E-state index contributed by atoms with van der Waals surface area (Å²) in [7, 11) is -4.00. The summed E-state index contributed by atoms with van der Waals surface area (Å²) in [6.45, 7) is 0. The van der Waals surface area contributed by atoms with Crippen molar-refractivity contribution in [3.63, 3.8) is 0 Å². The molecule has 0 aliphatic carbocycles. The molecule has 5 nitrogen and oxygen atoms in total. The first-order valence-electron chi connectivity index (χ1n) is 9.24. The molecule has 0 aromatic heterocycles. The van der Waals surface area contributed by atoms with E-state index in [0.717, 1.165) is 24.3 Å². The Bertz CT molecular complexity index is 1120. The number of hydrogen-bond acceptors (Lipinski definition) is 3. The quantitative estimate of drug-likeness (QED) is 0.568. The van der Waals surface area contributed by atoms with Crippen LogP contribution < -0.4 is 10.0 Å². The van der Waals surface area contributed by atoms with Gasteiger partial charge in [0.1, 0.15) is 6.04 Å². The van der Waals surface area contributed by atoms with Gasteiger partial charge in [-0.15, -0.1) is 0 Å². The fraction of sp³-hybridized carbons (Fsp3) is 0.136. The third-order valence-corrected chi connectivity index (χ3v) is 5.92. The Labute approximate surface area is 178 Å². The minimum absolute atomic E-state index is 0.00427. The van der Waals surface area contributed by atoms with Crippen molar-refractivity contribution in [1.82, 2.24) is 4.72 Å². The average molecular weight is 448 g/mol. The smallest absolute Gasteiger partial charge is 0.325 e. The molecule has 0 saturated heterocycles. The number of benzene rings is 3. The lowest BCUT2D eigenvalue weighted by molar-refractivity contribution is -0.137. The predicted octanol–water partition coefficient (Wildman–Crippen LogP) is 4.23. The number of anilines is 1. The fourth-order valence-corrected chi connectivity index (χ4v) is 4.08. The normalized spacial score (nSPS) is 12.9. The van der Waals surface area contributed by atoms with E-state index in [1.54, 1.807) is 48.5 Å². The van der Waals surface area contributed by atoms with Gasteiger partial charge in [-0.1, -0.05) is 48.5 Å². The minimum atomic E-state index is -4.50. The van der Waals surface area contributed by atoms with Crippen LogP contribution in [0.3, 0.4) is 0 Å². The molecule has 3 aromatic carbocycles. The van der Waals surface area contributed by atoms with Crippen LogP contribution in [0, 0.1) is 0 Å². The Morgan fingerprint density at radius 1 is 0.839 bits per heavy atom. The number of hydrogen-bond donors (Lipinski definition) is 2. The van der Waals surface area contributed by atoms with Crippen LogP contribution in [-0.4, -0.2) is 20.4 Å². The van der Waals surface area contributed by atoms with Crippen molar-refractivity contribution >= 4 is 21.6 Å². The van der Waals surface area contributed by atoms with Crippen LogP contribution >= 0.6 is 0 Å². The molecule has 0 saturated carbocycles. The summed E-state index contributed by atoms with van der Waals surface area (Å²) in [6, 6.07) is 19.1. The van der Waals surface area contributed by atoms with E-state index in [1.165, 1.54) is 12.1 Å². The maximum Gasteiger partial charge on any atom is 0.416 e. The van der Waals surface area contributed by atoms with Gasteiger partial charge in [-0.3, -0.25) is 4.79 Å². The topological polar surface area (TPSA) is 75.3 Å². The molecule has 1 amide bonds. The molecule has 0 bridgehead atoms. The maximum atomic E-state index is 12.8. The van der Waals surface area contributed by atoms with Gasteiger partial charge in [-0.2, -0.15) is 17.9 Å².